The number of nitrogens with zero attached hydrogens (tertiary/aromatic N) is 1. The lowest BCUT2D eigenvalue weighted by atomic mass is 9.95. The number of nitrogens with two attached hydrogens (primary N) is 1. The summed E-state index contributed by atoms with van der Waals surface area (Å²) in [7, 11) is -3.77. The number of amides is 2. The zero-order valence-electron chi connectivity index (χ0n) is 16.4. The van der Waals surface area contributed by atoms with Gasteiger partial charge in [0.15, 0.2) is 0 Å². The SMILES string of the molecule is NS(=O)(=O)c1ccc(NC(=O)C2CCN(C(=O)CCc3ccccc3Cl)CC2)cc1. The number of anilines is 1. The number of aryl methyl sites for hydroxylation is 1. The van der Waals surface area contributed by atoms with Crippen molar-refractivity contribution in [2.75, 3.05) is 18.4 Å². The van der Waals surface area contributed by atoms with Crippen LogP contribution in [0.25, 0.3) is 0 Å². The van der Waals surface area contributed by atoms with Crippen molar-refractivity contribution in [2.24, 2.45) is 11.1 Å². The van der Waals surface area contributed by atoms with E-state index < -0.39 is 10.0 Å². The van der Waals surface area contributed by atoms with Crippen molar-refractivity contribution in [3.8, 4) is 0 Å². The third kappa shape index (κ3) is 5.81. The molecule has 1 aliphatic rings. The molecule has 160 valence electrons. The molecule has 0 atom stereocenters. The van der Waals surface area contributed by atoms with Crippen LogP contribution in [0.4, 0.5) is 5.69 Å². The van der Waals surface area contributed by atoms with Gasteiger partial charge in [-0.15, -0.1) is 0 Å². The molecule has 1 fully saturated rings. The first kappa shape index (κ1) is 22.3. The van der Waals surface area contributed by atoms with E-state index in [-0.39, 0.29) is 22.6 Å². The van der Waals surface area contributed by atoms with E-state index in [1.54, 1.807) is 4.90 Å². The van der Waals surface area contributed by atoms with Crippen molar-refractivity contribution in [1.82, 2.24) is 4.90 Å². The average molecular weight is 450 g/mol. The minimum atomic E-state index is -3.77. The van der Waals surface area contributed by atoms with Crippen LogP contribution in [0, 0.1) is 5.92 Å². The Balaban J connectivity index is 1.47. The highest BCUT2D eigenvalue weighted by Gasteiger charge is 2.27. The van der Waals surface area contributed by atoms with Crippen LogP contribution in [0.1, 0.15) is 24.8 Å². The van der Waals surface area contributed by atoms with E-state index in [9.17, 15) is 18.0 Å². The fourth-order valence-electron chi connectivity index (χ4n) is 3.46. The summed E-state index contributed by atoms with van der Waals surface area (Å²) in [6, 6.07) is 13.2. The maximum absolute atomic E-state index is 12.5. The van der Waals surface area contributed by atoms with Gasteiger partial charge in [0, 0.05) is 36.1 Å². The number of carbonyl (C=O) groups excluding carboxylic acids is 2. The molecule has 0 aliphatic carbocycles. The van der Waals surface area contributed by atoms with Crippen LogP contribution in [0.15, 0.2) is 53.4 Å². The van der Waals surface area contributed by atoms with Crippen molar-refractivity contribution in [2.45, 2.75) is 30.6 Å². The van der Waals surface area contributed by atoms with Crippen LogP contribution in [0.5, 0.6) is 0 Å². The Labute approximate surface area is 181 Å². The van der Waals surface area contributed by atoms with Gasteiger partial charge in [-0.3, -0.25) is 9.59 Å². The van der Waals surface area contributed by atoms with Crippen LogP contribution in [-0.4, -0.2) is 38.2 Å². The number of sulfonamides is 1. The molecule has 3 rings (SSSR count). The number of benzene rings is 2. The quantitative estimate of drug-likeness (QED) is 0.706. The standard InChI is InChI=1S/C21H24ClN3O4S/c22-19-4-2-1-3-15(19)5-10-20(26)25-13-11-16(12-14-25)21(27)24-17-6-8-18(9-7-17)30(23,28)29/h1-4,6-9,16H,5,10-14H2,(H,24,27)(H2,23,28,29). The summed E-state index contributed by atoms with van der Waals surface area (Å²) in [4.78, 5) is 26.8. The van der Waals surface area contributed by atoms with Crippen LogP contribution in [0.3, 0.4) is 0 Å². The number of hydrogen-bond donors (Lipinski definition) is 2. The summed E-state index contributed by atoms with van der Waals surface area (Å²) >= 11 is 6.14. The predicted molar refractivity (Wildman–Crippen MR) is 116 cm³/mol. The Bertz CT molecular complexity index is 1020. The summed E-state index contributed by atoms with van der Waals surface area (Å²) in [5.41, 5.74) is 1.46. The highest BCUT2D eigenvalue weighted by Crippen LogP contribution is 2.22. The lowest BCUT2D eigenvalue weighted by Crippen LogP contribution is -2.41. The molecule has 30 heavy (non-hydrogen) atoms. The van der Waals surface area contributed by atoms with Gasteiger partial charge < -0.3 is 10.2 Å². The normalized spacial score (nSPS) is 15.1. The number of piperidine rings is 1. The fourth-order valence-corrected chi connectivity index (χ4v) is 4.21. The van der Waals surface area contributed by atoms with E-state index >= 15 is 0 Å². The van der Waals surface area contributed by atoms with Gasteiger partial charge in [-0.2, -0.15) is 0 Å². The lowest BCUT2D eigenvalue weighted by molar-refractivity contribution is -0.134. The van der Waals surface area contributed by atoms with Crippen molar-refractivity contribution in [3.05, 3.63) is 59.1 Å². The lowest BCUT2D eigenvalue weighted by Gasteiger charge is -2.31. The Morgan fingerprint density at radius 2 is 1.70 bits per heavy atom. The number of likely N-dealkylation sites (tertiary alicyclic amines) is 1. The molecule has 1 aliphatic heterocycles. The topological polar surface area (TPSA) is 110 Å². The molecule has 0 unspecified atom stereocenters. The summed E-state index contributed by atoms with van der Waals surface area (Å²) in [6.07, 6.45) is 2.14. The van der Waals surface area contributed by atoms with E-state index in [0.717, 1.165) is 5.56 Å². The highest BCUT2D eigenvalue weighted by atomic mass is 35.5. The van der Waals surface area contributed by atoms with Gasteiger partial charge in [0.1, 0.15) is 0 Å². The van der Waals surface area contributed by atoms with Crippen LogP contribution in [0.2, 0.25) is 5.02 Å². The Hall–Kier alpha value is -2.42. The van der Waals surface area contributed by atoms with E-state index in [4.69, 9.17) is 16.7 Å². The monoisotopic (exact) mass is 449 g/mol. The number of halogens is 1. The maximum atomic E-state index is 12.5. The first-order valence-corrected chi connectivity index (χ1v) is 11.6. The Morgan fingerprint density at radius 3 is 2.30 bits per heavy atom. The van der Waals surface area contributed by atoms with E-state index in [2.05, 4.69) is 5.32 Å². The first-order chi connectivity index (χ1) is 14.2. The zero-order valence-corrected chi connectivity index (χ0v) is 18.0. The van der Waals surface area contributed by atoms with Crippen LogP contribution >= 0.6 is 11.6 Å². The van der Waals surface area contributed by atoms with Gasteiger partial charge in [0.2, 0.25) is 21.8 Å². The molecular weight excluding hydrogens is 426 g/mol. The molecule has 1 heterocycles. The molecule has 0 aromatic heterocycles. The third-order valence-electron chi connectivity index (χ3n) is 5.23. The molecule has 1 saturated heterocycles. The van der Waals surface area contributed by atoms with Crippen molar-refractivity contribution < 1.29 is 18.0 Å². The summed E-state index contributed by atoms with van der Waals surface area (Å²) < 4.78 is 22.6. The third-order valence-corrected chi connectivity index (χ3v) is 6.53. The summed E-state index contributed by atoms with van der Waals surface area (Å²) in [6.45, 7) is 1.06. The summed E-state index contributed by atoms with van der Waals surface area (Å²) in [5.74, 6) is -0.274. The van der Waals surface area contributed by atoms with Crippen molar-refractivity contribution >= 4 is 39.1 Å². The molecule has 3 N–H and O–H groups in total. The molecule has 0 spiro atoms. The second-order valence-electron chi connectivity index (χ2n) is 7.31. The molecule has 7 nitrogen and oxygen atoms in total. The van der Waals surface area contributed by atoms with E-state index in [0.29, 0.717) is 49.5 Å². The second-order valence-corrected chi connectivity index (χ2v) is 9.27. The Morgan fingerprint density at radius 1 is 1.07 bits per heavy atom. The second kappa shape index (κ2) is 9.59. The average Bonchev–Trinajstić information content (AvgIpc) is 2.73. The minimum Gasteiger partial charge on any atom is -0.343 e. The van der Waals surface area contributed by atoms with Gasteiger partial charge in [0.25, 0.3) is 0 Å². The molecule has 0 saturated carbocycles. The maximum Gasteiger partial charge on any atom is 0.238 e. The smallest absolute Gasteiger partial charge is 0.238 e. The zero-order chi connectivity index (χ0) is 21.7. The number of nitrogens with one attached hydrogen (secondary N) is 1. The molecule has 2 amide bonds. The minimum absolute atomic E-state index is 0.0101. The predicted octanol–water partition coefficient (Wildman–Crippen LogP) is 2.80. The van der Waals surface area contributed by atoms with E-state index in [1.165, 1.54) is 24.3 Å². The van der Waals surface area contributed by atoms with Gasteiger partial charge in [0.05, 0.1) is 4.90 Å². The fraction of sp³-hybridized carbons (Fsp3) is 0.333. The van der Waals surface area contributed by atoms with Gasteiger partial charge in [-0.05, 0) is 55.2 Å². The van der Waals surface area contributed by atoms with Crippen LogP contribution < -0.4 is 10.5 Å². The number of carbonyl (C=O) groups is 2. The van der Waals surface area contributed by atoms with Crippen molar-refractivity contribution in [3.63, 3.8) is 0 Å². The highest BCUT2D eigenvalue weighted by molar-refractivity contribution is 7.89. The van der Waals surface area contributed by atoms with E-state index in [1.807, 2.05) is 24.3 Å². The molecule has 0 bridgehead atoms. The number of primary sulfonamides is 1. The Kier molecular flexibility index (Phi) is 7.12. The molecule has 9 heteroatoms. The molecule has 2 aromatic carbocycles. The number of rotatable bonds is 6. The first-order valence-electron chi connectivity index (χ1n) is 9.69. The molecule has 2 aromatic rings. The van der Waals surface area contributed by atoms with Gasteiger partial charge >= 0.3 is 0 Å². The molecule has 0 radical (unpaired) electrons. The largest absolute Gasteiger partial charge is 0.343 e. The number of hydrogen-bond acceptors (Lipinski definition) is 4. The summed E-state index contributed by atoms with van der Waals surface area (Å²) in [5, 5.41) is 8.53. The van der Waals surface area contributed by atoms with Gasteiger partial charge in [-0.1, -0.05) is 29.8 Å². The van der Waals surface area contributed by atoms with Crippen molar-refractivity contribution in [1.29, 1.82) is 0 Å². The molecular formula is C21H24ClN3O4S. The van der Waals surface area contributed by atoms with Crippen LogP contribution in [-0.2, 0) is 26.0 Å². The van der Waals surface area contributed by atoms with Gasteiger partial charge in [-0.25, -0.2) is 13.6 Å².